The Kier molecular flexibility index (Phi) is 2.83. The minimum absolute atomic E-state index is 0.424. The molecule has 1 aliphatic carbocycles. The Morgan fingerprint density at radius 3 is 2.50 bits per heavy atom. The number of rotatable bonds is 3. The summed E-state index contributed by atoms with van der Waals surface area (Å²) in [6.07, 6.45) is 5.15. The molecule has 76 valence electrons. The number of hydrogen-bond acceptors (Lipinski definition) is 0. The summed E-state index contributed by atoms with van der Waals surface area (Å²) in [6, 6.07) is 8.66. The standard InChI is InChI=1S/C13H17Cl/c1-11-5-2-3-6-12(11)9-13(10-14)7-4-8-13/h2-3,5-6H,4,7-10H2,1H3. The Bertz CT molecular complexity index is 307. The van der Waals surface area contributed by atoms with Gasteiger partial charge in [-0.15, -0.1) is 11.6 Å². The van der Waals surface area contributed by atoms with Gasteiger partial charge in [-0.25, -0.2) is 0 Å². The molecule has 1 aromatic rings. The van der Waals surface area contributed by atoms with E-state index < -0.39 is 0 Å². The summed E-state index contributed by atoms with van der Waals surface area (Å²) >= 11 is 6.06. The van der Waals surface area contributed by atoms with Crippen LogP contribution in [0, 0.1) is 12.3 Å². The summed E-state index contributed by atoms with van der Waals surface area (Å²) in [6.45, 7) is 2.19. The third kappa shape index (κ3) is 1.81. The fourth-order valence-electron chi connectivity index (χ4n) is 2.25. The fourth-order valence-corrected chi connectivity index (χ4v) is 2.61. The van der Waals surface area contributed by atoms with Gasteiger partial charge in [0.2, 0.25) is 0 Å². The zero-order valence-electron chi connectivity index (χ0n) is 8.72. The number of halogens is 1. The molecule has 1 saturated carbocycles. The quantitative estimate of drug-likeness (QED) is 0.660. The van der Waals surface area contributed by atoms with Crippen LogP contribution in [-0.4, -0.2) is 5.88 Å². The maximum atomic E-state index is 6.06. The van der Waals surface area contributed by atoms with Gasteiger partial charge in [0.25, 0.3) is 0 Å². The Balaban J connectivity index is 2.13. The normalized spacial score (nSPS) is 19.0. The van der Waals surface area contributed by atoms with Crippen LogP contribution < -0.4 is 0 Å². The molecular weight excluding hydrogens is 192 g/mol. The third-order valence-corrected chi connectivity index (χ3v) is 4.09. The van der Waals surface area contributed by atoms with E-state index in [1.807, 2.05) is 0 Å². The molecule has 1 aromatic carbocycles. The molecule has 14 heavy (non-hydrogen) atoms. The predicted molar refractivity (Wildman–Crippen MR) is 61.9 cm³/mol. The lowest BCUT2D eigenvalue weighted by Gasteiger charge is -2.40. The summed E-state index contributed by atoms with van der Waals surface area (Å²) in [5.41, 5.74) is 3.31. The van der Waals surface area contributed by atoms with Gasteiger partial charge in [-0.3, -0.25) is 0 Å². The Morgan fingerprint density at radius 1 is 1.29 bits per heavy atom. The van der Waals surface area contributed by atoms with Gasteiger partial charge in [-0.05, 0) is 42.7 Å². The van der Waals surface area contributed by atoms with Gasteiger partial charge in [0.1, 0.15) is 0 Å². The monoisotopic (exact) mass is 208 g/mol. The molecule has 0 amide bonds. The van der Waals surface area contributed by atoms with Gasteiger partial charge in [-0.2, -0.15) is 0 Å². The molecule has 0 bridgehead atoms. The van der Waals surface area contributed by atoms with Crippen molar-refractivity contribution >= 4 is 11.6 Å². The van der Waals surface area contributed by atoms with E-state index in [2.05, 4.69) is 31.2 Å². The highest BCUT2D eigenvalue weighted by atomic mass is 35.5. The molecule has 0 radical (unpaired) electrons. The Hall–Kier alpha value is -0.490. The first-order valence-electron chi connectivity index (χ1n) is 5.36. The minimum Gasteiger partial charge on any atom is -0.126 e. The minimum atomic E-state index is 0.424. The number of aryl methyl sites for hydroxylation is 1. The van der Waals surface area contributed by atoms with Crippen molar-refractivity contribution in [2.24, 2.45) is 5.41 Å². The van der Waals surface area contributed by atoms with Crippen molar-refractivity contribution in [1.82, 2.24) is 0 Å². The van der Waals surface area contributed by atoms with Crippen LogP contribution >= 0.6 is 11.6 Å². The van der Waals surface area contributed by atoms with Crippen LogP contribution in [0.1, 0.15) is 30.4 Å². The second kappa shape index (κ2) is 3.94. The highest BCUT2D eigenvalue weighted by Crippen LogP contribution is 2.44. The van der Waals surface area contributed by atoms with Crippen LogP contribution in [0.2, 0.25) is 0 Å². The molecule has 2 rings (SSSR count). The van der Waals surface area contributed by atoms with E-state index in [1.165, 1.54) is 36.8 Å². The summed E-state index contributed by atoms with van der Waals surface area (Å²) in [4.78, 5) is 0. The van der Waals surface area contributed by atoms with Gasteiger partial charge in [0.15, 0.2) is 0 Å². The van der Waals surface area contributed by atoms with Crippen LogP contribution in [0.25, 0.3) is 0 Å². The number of hydrogen-bond donors (Lipinski definition) is 0. The summed E-state index contributed by atoms with van der Waals surface area (Å²) in [5.74, 6) is 0.821. The molecule has 0 unspecified atom stereocenters. The van der Waals surface area contributed by atoms with Crippen molar-refractivity contribution in [1.29, 1.82) is 0 Å². The molecule has 0 saturated heterocycles. The van der Waals surface area contributed by atoms with Gasteiger partial charge in [0, 0.05) is 5.88 Å². The van der Waals surface area contributed by atoms with E-state index in [-0.39, 0.29) is 0 Å². The highest BCUT2D eigenvalue weighted by Gasteiger charge is 2.36. The SMILES string of the molecule is Cc1ccccc1CC1(CCl)CCC1. The van der Waals surface area contributed by atoms with Crippen molar-refractivity contribution in [2.75, 3.05) is 5.88 Å². The number of benzene rings is 1. The van der Waals surface area contributed by atoms with Crippen LogP contribution in [0.5, 0.6) is 0 Å². The molecule has 0 heterocycles. The lowest BCUT2D eigenvalue weighted by Crippen LogP contribution is -2.33. The van der Waals surface area contributed by atoms with Gasteiger partial charge in [0.05, 0.1) is 0 Å². The second-order valence-corrected chi connectivity index (χ2v) is 4.86. The predicted octanol–water partition coefficient (Wildman–Crippen LogP) is 3.95. The molecular formula is C13H17Cl. The Morgan fingerprint density at radius 2 is 2.00 bits per heavy atom. The first-order valence-corrected chi connectivity index (χ1v) is 5.90. The van der Waals surface area contributed by atoms with Gasteiger partial charge < -0.3 is 0 Å². The molecule has 1 fully saturated rings. The van der Waals surface area contributed by atoms with E-state index >= 15 is 0 Å². The largest absolute Gasteiger partial charge is 0.126 e. The van der Waals surface area contributed by atoms with Crippen molar-refractivity contribution < 1.29 is 0 Å². The molecule has 0 atom stereocenters. The molecule has 1 heteroatoms. The van der Waals surface area contributed by atoms with Gasteiger partial charge in [-0.1, -0.05) is 30.7 Å². The maximum Gasteiger partial charge on any atom is 0.0283 e. The summed E-state index contributed by atoms with van der Waals surface area (Å²) in [7, 11) is 0. The number of alkyl halides is 1. The maximum absolute atomic E-state index is 6.06. The third-order valence-electron chi connectivity index (χ3n) is 3.52. The molecule has 0 aliphatic heterocycles. The van der Waals surface area contributed by atoms with E-state index in [0.717, 1.165) is 5.88 Å². The van der Waals surface area contributed by atoms with E-state index in [4.69, 9.17) is 11.6 Å². The molecule has 1 aliphatic rings. The smallest absolute Gasteiger partial charge is 0.0283 e. The van der Waals surface area contributed by atoms with Crippen molar-refractivity contribution in [2.45, 2.75) is 32.6 Å². The lowest BCUT2D eigenvalue weighted by atomic mass is 9.66. The van der Waals surface area contributed by atoms with E-state index in [0.29, 0.717) is 5.41 Å². The van der Waals surface area contributed by atoms with Crippen LogP contribution in [0.15, 0.2) is 24.3 Å². The molecule has 0 nitrogen and oxygen atoms in total. The lowest BCUT2D eigenvalue weighted by molar-refractivity contribution is 0.166. The van der Waals surface area contributed by atoms with Crippen LogP contribution in [0.3, 0.4) is 0 Å². The zero-order valence-corrected chi connectivity index (χ0v) is 9.48. The van der Waals surface area contributed by atoms with E-state index in [1.54, 1.807) is 0 Å². The first kappa shape index (κ1) is 10.0. The average Bonchev–Trinajstić information content (AvgIpc) is 2.14. The topological polar surface area (TPSA) is 0 Å². The zero-order chi connectivity index (χ0) is 10.0. The van der Waals surface area contributed by atoms with E-state index in [9.17, 15) is 0 Å². The second-order valence-electron chi connectivity index (χ2n) is 4.59. The molecule has 0 aromatic heterocycles. The Labute approximate surface area is 91.3 Å². The van der Waals surface area contributed by atoms with Crippen molar-refractivity contribution in [3.05, 3.63) is 35.4 Å². The van der Waals surface area contributed by atoms with Gasteiger partial charge >= 0.3 is 0 Å². The van der Waals surface area contributed by atoms with Crippen LogP contribution in [0.4, 0.5) is 0 Å². The molecule has 0 N–H and O–H groups in total. The fraction of sp³-hybridized carbons (Fsp3) is 0.538. The average molecular weight is 209 g/mol. The first-order chi connectivity index (χ1) is 6.76. The summed E-state index contributed by atoms with van der Waals surface area (Å²) < 4.78 is 0. The van der Waals surface area contributed by atoms with Crippen molar-refractivity contribution in [3.8, 4) is 0 Å². The highest BCUT2D eigenvalue weighted by molar-refractivity contribution is 6.18. The van der Waals surface area contributed by atoms with Crippen LogP contribution in [-0.2, 0) is 6.42 Å². The molecule has 0 spiro atoms. The van der Waals surface area contributed by atoms with Crippen molar-refractivity contribution in [3.63, 3.8) is 0 Å². The summed E-state index contributed by atoms with van der Waals surface area (Å²) in [5, 5.41) is 0.